The van der Waals surface area contributed by atoms with Crippen molar-refractivity contribution < 1.29 is 13.6 Å². The summed E-state index contributed by atoms with van der Waals surface area (Å²) in [6.45, 7) is 0.239. The number of carbonyl (C=O) groups is 1. The fourth-order valence-electron chi connectivity index (χ4n) is 3.72. The smallest absolute Gasteiger partial charge is 0.291 e. The van der Waals surface area contributed by atoms with Crippen molar-refractivity contribution in [2.45, 2.75) is 12.6 Å². The zero-order valence-electron chi connectivity index (χ0n) is 14.6. The van der Waals surface area contributed by atoms with Crippen LogP contribution in [-0.2, 0) is 6.54 Å². The number of nitrogens with zero attached hydrogens (tertiary/aromatic N) is 1. The van der Waals surface area contributed by atoms with E-state index in [1.165, 1.54) is 0 Å². The summed E-state index contributed by atoms with van der Waals surface area (Å²) in [5.41, 5.74) is 1.42. The molecule has 0 radical (unpaired) electrons. The Kier molecular flexibility index (Phi) is 3.94. The summed E-state index contributed by atoms with van der Waals surface area (Å²) in [7, 11) is 0. The van der Waals surface area contributed by atoms with E-state index in [4.69, 9.17) is 8.83 Å². The van der Waals surface area contributed by atoms with Crippen molar-refractivity contribution in [3.8, 4) is 0 Å². The third-order valence-electron chi connectivity index (χ3n) is 4.94. The van der Waals surface area contributed by atoms with Gasteiger partial charge in [-0.1, -0.05) is 40.2 Å². The number of halogens is 1. The van der Waals surface area contributed by atoms with Crippen molar-refractivity contribution in [3.63, 3.8) is 0 Å². The Bertz CT molecular complexity index is 1260. The molecule has 5 nitrogen and oxygen atoms in total. The van der Waals surface area contributed by atoms with Crippen LogP contribution in [0.15, 0.2) is 85.0 Å². The van der Waals surface area contributed by atoms with Crippen LogP contribution >= 0.6 is 15.9 Å². The van der Waals surface area contributed by atoms with Gasteiger partial charge in [0.15, 0.2) is 5.43 Å². The number of furan rings is 1. The zero-order chi connectivity index (χ0) is 19.3. The molecule has 0 fully saturated rings. The second-order valence-corrected chi connectivity index (χ2v) is 7.56. The Hall–Kier alpha value is -3.12. The summed E-state index contributed by atoms with van der Waals surface area (Å²) in [4.78, 5) is 28.2. The van der Waals surface area contributed by atoms with E-state index in [-0.39, 0.29) is 23.6 Å². The SMILES string of the molecule is O=C1c2oc3ccccc3c(=O)c2[C@H](c2cccc(Br)c2)N1Cc1ccco1. The molecular weight excluding hydrogens is 422 g/mol. The maximum atomic E-state index is 13.3. The predicted octanol–water partition coefficient (Wildman–Crippen LogP) is 4.89. The van der Waals surface area contributed by atoms with Crippen LogP contribution in [0.1, 0.15) is 33.5 Å². The Labute approximate surface area is 168 Å². The molecule has 0 spiro atoms. The van der Waals surface area contributed by atoms with Crippen molar-refractivity contribution in [2.75, 3.05) is 0 Å². The summed E-state index contributed by atoms with van der Waals surface area (Å²) < 4.78 is 12.2. The number of hydrogen-bond acceptors (Lipinski definition) is 4. The number of hydrogen-bond donors (Lipinski definition) is 0. The number of carbonyl (C=O) groups excluding carboxylic acids is 1. The molecule has 2 aromatic heterocycles. The predicted molar refractivity (Wildman–Crippen MR) is 107 cm³/mol. The molecule has 1 atom stereocenters. The molecule has 4 aromatic rings. The van der Waals surface area contributed by atoms with Crippen molar-refractivity contribution in [1.82, 2.24) is 4.90 Å². The quantitative estimate of drug-likeness (QED) is 0.459. The van der Waals surface area contributed by atoms with E-state index in [1.54, 1.807) is 47.6 Å². The highest BCUT2D eigenvalue weighted by Crippen LogP contribution is 2.39. The maximum absolute atomic E-state index is 13.3. The average molecular weight is 436 g/mol. The molecule has 0 saturated carbocycles. The number of rotatable bonds is 3. The second kappa shape index (κ2) is 6.49. The number of amides is 1. The summed E-state index contributed by atoms with van der Waals surface area (Å²) in [5, 5.41) is 0.467. The minimum atomic E-state index is -0.550. The van der Waals surface area contributed by atoms with Crippen LogP contribution in [-0.4, -0.2) is 10.8 Å². The van der Waals surface area contributed by atoms with Gasteiger partial charge in [-0.05, 0) is 42.0 Å². The normalized spacial score (nSPS) is 16.0. The molecule has 2 aromatic carbocycles. The van der Waals surface area contributed by atoms with Gasteiger partial charge in [-0.25, -0.2) is 0 Å². The lowest BCUT2D eigenvalue weighted by atomic mass is 9.98. The largest absolute Gasteiger partial charge is 0.467 e. The summed E-state index contributed by atoms with van der Waals surface area (Å²) in [6.07, 6.45) is 1.56. The lowest BCUT2D eigenvalue weighted by Crippen LogP contribution is -2.29. The highest BCUT2D eigenvalue weighted by molar-refractivity contribution is 9.10. The van der Waals surface area contributed by atoms with Gasteiger partial charge in [0.2, 0.25) is 5.76 Å². The van der Waals surface area contributed by atoms with Crippen LogP contribution in [0.4, 0.5) is 0 Å². The number of fused-ring (bicyclic) bond motifs is 2. The zero-order valence-corrected chi connectivity index (χ0v) is 16.2. The molecule has 3 heterocycles. The Morgan fingerprint density at radius 3 is 2.64 bits per heavy atom. The van der Waals surface area contributed by atoms with Gasteiger partial charge in [0.05, 0.1) is 29.8 Å². The van der Waals surface area contributed by atoms with Crippen LogP contribution in [0.3, 0.4) is 0 Å². The molecule has 0 saturated heterocycles. The molecule has 1 aliphatic heterocycles. The first-order valence-corrected chi connectivity index (χ1v) is 9.57. The monoisotopic (exact) mass is 435 g/mol. The van der Waals surface area contributed by atoms with E-state index in [1.807, 2.05) is 24.3 Å². The van der Waals surface area contributed by atoms with Gasteiger partial charge in [-0.2, -0.15) is 0 Å². The summed E-state index contributed by atoms with van der Waals surface area (Å²) in [5.74, 6) is 0.414. The minimum absolute atomic E-state index is 0.0974. The Morgan fingerprint density at radius 2 is 1.86 bits per heavy atom. The van der Waals surface area contributed by atoms with Gasteiger partial charge in [0, 0.05) is 4.47 Å². The van der Waals surface area contributed by atoms with E-state index >= 15 is 0 Å². The third-order valence-corrected chi connectivity index (χ3v) is 5.44. The molecule has 6 heteroatoms. The standard InChI is InChI=1S/C22H14BrNO4/c23-14-6-3-5-13(11-14)19-18-20(25)16-8-1-2-9-17(16)28-21(18)22(26)24(19)12-15-7-4-10-27-15/h1-11,19H,12H2/t19-/m0/s1. The molecular formula is C22H14BrNO4. The van der Waals surface area contributed by atoms with Gasteiger partial charge < -0.3 is 13.7 Å². The topological polar surface area (TPSA) is 63.7 Å². The highest BCUT2D eigenvalue weighted by atomic mass is 79.9. The van der Waals surface area contributed by atoms with Crippen molar-refractivity contribution in [2.24, 2.45) is 0 Å². The molecule has 1 aliphatic rings. The summed E-state index contributed by atoms with van der Waals surface area (Å²) in [6, 6.07) is 17.6. The van der Waals surface area contributed by atoms with E-state index in [0.717, 1.165) is 10.0 Å². The van der Waals surface area contributed by atoms with Gasteiger partial charge in [-0.3, -0.25) is 9.59 Å². The average Bonchev–Trinajstić information content (AvgIpc) is 3.30. The van der Waals surface area contributed by atoms with Crippen molar-refractivity contribution >= 4 is 32.8 Å². The van der Waals surface area contributed by atoms with Crippen molar-refractivity contribution in [3.05, 3.63) is 104 Å². The second-order valence-electron chi connectivity index (χ2n) is 6.64. The fraction of sp³-hybridized carbons (Fsp3) is 0.0909. The number of para-hydroxylation sites is 1. The van der Waals surface area contributed by atoms with E-state index in [2.05, 4.69) is 15.9 Å². The van der Waals surface area contributed by atoms with E-state index in [9.17, 15) is 9.59 Å². The molecule has 0 unspecified atom stereocenters. The van der Waals surface area contributed by atoms with Crippen LogP contribution in [0, 0.1) is 0 Å². The van der Waals surface area contributed by atoms with Crippen molar-refractivity contribution in [1.29, 1.82) is 0 Å². The summed E-state index contributed by atoms with van der Waals surface area (Å²) >= 11 is 3.48. The fourth-order valence-corrected chi connectivity index (χ4v) is 4.14. The van der Waals surface area contributed by atoms with Crippen LogP contribution in [0.25, 0.3) is 11.0 Å². The van der Waals surface area contributed by atoms with Gasteiger partial charge in [0.1, 0.15) is 11.3 Å². The van der Waals surface area contributed by atoms with E-state index < -0.39 is 6.04 Å². The first kappa shape index (κ1) is 17.0. The maximum Gasteiger partial charge on any atom is 0.291 e. The minimum Gasteiger partial charge on any atom is -0.467 e. The molecule has 0 N–H and O–H groups in total. The molecule has 1 amide bonds. The van der Waals surface area contributed by atoms with Gasteiger partial charge in [-0.15, -0.1) is 0 Å². The molecule has 0 aliphatic carbocycles. The van der Waals surface area contributed by atoms with Gasteiger partial charge >= 0.3 is 0 Å². The van der Waals surface area contributed by atoms with Crippen LogP contribution in [0.5, 0.6) is 0 Å². The van der Waals surface area contributed by atoms with E-state index in [0.29, 0.717) is 22.3 Å². The first-order chi connectivity index (χ1) is 13.6. The number of benzene rings is 2. The first-order valence-electron chi connectivity index (χ1n) is 8.78. The molecule has 138 valence electrons. The molecule has 0 bridgehead atoms. The Balaban J connectivity index is 1.76. The lowest BCUT2D eigenvalue weighted by Gasteiger charge is -2.24. The van der Waals surface area contributed by atoms with Gasteiger partial charge in [0.25, 0.3) is 5.91 Å². The third kappa shape index (κ3) is 2.60. The Morgan fingerprint density at radius 1 is 1.00 bits per heavy atom. The van der Waals surface area contributed by atoms with Crippen LogP contribution < -0.4 is 5.43 Å². The molecule has 5 rings (SSSR count). The van der Waals surface area contributed by atoms with Crippen LogP contribution in [0.2, 0.25) is 0 Å². The highest BCUT2D eigenvalue weighted by Gasteiger charge is 2.43. The lowest BCUT2D eigenvalue weighted by molar-refractivity contribution is 0.0701. The molecule has 28 heavy (non-hydrogen) atoms.